The molecule has 1 rings (SSSR count). The van der Waals surface area contributed by atoms with Gasteiger partial charge in [-0.15, -0.1) is 0 Å². The van der Waals surface area contributed by atoms with E-state index in [9.17, 15) is 0 Å². The smallest absolute Gasteiger partial charge is 0.118 e. The van der Waals surface area contributed by atoms with Crippen molar-refractivity contribution in [3.8, 4) is 5.75 Å². The summed E-state index contributed by atoms with van der Waals surface area (Å²) in [4.78, 5) is 0. The average molecular weight is 265 g/mol. The molecule has 0 heterocycles. The van der Waals surface area contributed by atoms with E-state index in [2.05, 4.69) is 38.2 Å². The first-order valence-corrected chi connectivity index (χ1v) is 7.21. The van der Waals surface area contributed by atoms with Crippen molar-refractivity contribution in [1.29, 1.82) is 0 Å². The van der Waals surface area contributed by atoms with Crippen LogP contribution in [-0.2, 0) is 4.74 Å². The van der Waals surface area contributed by atoms with E-state index < -0.39 is 0 Å². The molecule has 0 aliphatic carbocycles. The van der Waals surface area contributed by atoms with Crippen LogP contribution < -0.4 is 10.1 Å². The van der Waals surface area contributed by atoms with Crippen LogP contribution >= 0.6 is 0 Å². The van der Waals surface area contributed by atoms with Gasteiger partial charge >= 0.3 is 0 Å². The molecular formula is C16H27NO2. The molecule has 0 fully saturated rings. The fourth-order valence-corrected chi connectivity index (χ4v) is 2.09. The summed E-state index contributed by atoms with van der Waals surface area (Å²) >= 11 is 0. The van der Waals surface area contributed by atoms with E-state index in [4.69, 9.17) is 9.47 Å². The number of hydrogen-bond acceptors (Lipinski definition) is 3. The largest absolute Gasteiger partial charge is 0.497 e. The van der Waals surface area contributed by atoms with Crippen LogP contribution in [-0.4, -0.2) is 26.3 Å². The van der Waals surface area contributed by atoms with Gasteiger partial charge in [-0.05, 0) is 37.6 Å². The van der Waals surface area contributed by atoms with Crippen molar-refractivity contribution in [2.24, 2.45) is 0 Å². The summed E-state index contributed by atoms with van der Waals surface area (Å²) in [7, 11) is 1.69. The highest BCUT2D eigenvalue weighted by Gasteiger charge is 2.15. The van der Waals surface area contributed by atoms with Crippen molar-refractivity contribution < 1.29 is 9.47 Å². The average Bonchev–Trinajstić information content (AvgIpc) is 2.44. The number of likely N-dealkylation sites (N-methyl/N-ethyl adjacent to an activating group) is 1. The van der Waals surface area contributed by atoms with Crippen molar-refractivity contribution >= 4 is 0 Å². The maximum Gasteiger partial charge on any atom is 0.118 e. The third-order valence-electron chi connectivity index (χ3n) is 3.16. The molecule has 2 atom stereocenters. The van der Waals surface area contributed by atoms with Crippen LogP contribution in [0.4, 0.5) is 0 Å². The summed E-state index contributed by atoms with van der Waals surface area (Å²) in [6.07, 6.45) is 2.64. The Hall–Kier alpha value is -1.06. The number of rotatable bonds is 9. The SMILES string of the molecule is CCCC(C)OC(CNCC)c1ccc(OC)cc1. The first-order valence-electron chi connectivity index (χ1n) is 7.21. The topological polar surface area (TPSA) is 30.5 Å². The van der Waals surface area contributed by atoms with Crippen LogP contribution in [0.25, 0.3) is 0 Å². The molecule has 0 radical (unpaired) electrons. The van der Waals surface area contributed by atoms with Gasteiger partial charge in [-0.25, -0.2) is 0 Å². The van der Waals surface area contributed by atoms with Gasteiger partial charge in [0.25, 0.3) is 0 Å². The molecule has 2 unspecified atom stereocenters. The molecule has 1 aromatic carbocycles. The lowest BCUT2D eigenvalue weighted by Gasteiger charge is -2.23. The molecule has 0 saturated carbocycles. The molecule has 0 bridgehead atoms. The fourth-order valence-electron chi connectivity index (χ4n) is 2.09. The monoisotopic (exact) mass is 265 g/mol. The molecule has 0 spiro atoms. The first kappa shape index (κ1) is 16.0. The van der Waals surface area contributed by atoms with Crippen LogP contribution in [0.15, 0.2) is 24.3 Å². The second kappa shape index (κ2) is 8.94. The Balaban J connectivity index is 2.70. The molecule has 0 amide bonds. The third-order valence-corrected chi connectivity index (χ3v) is 3.16. The Morgan fingerprint density at radius 1 is 1.16 bits per heavy atom. The van der Waals surface area contributed by atoms with Crippen LogP contribution in [0, 0.1) is 0 Å². The minimum absolute atomic E-state index is 0.104. The highest BCUT2D eigenvalue weighted by Crippen LogP contribution is 2.22. The number of methoxy groups -OCH3 is 1. The van der Waals surface area contributed by atoms with Crippen LogP contribution in [0.2, 0.25) is 0 Å². The summed E-state index contributed by atoms with van der Waals surface area (Å²) in [5, 5.41) is 3.37. The van der Waals surface area contributed by atoms with E-state index in [0.717, 1.165) is 31.7 Å². The van der Waals surface area contributed by atoms with Crippen molar-refractivity contribution in [2.75, 3.05) is 20.2 Å². The van der Waals surface area contributed by atoms with E-state index in [1.165, 1.54) is 5.56 Å². The normalized spacial score (nSPS) is 14.1. The Kier molecular flexibility index (Phi) is 7.53. The van der Waals surface area contributed by atoms with Gasteiger partial charge in [0, 0.05) is 6.54 Å². The second-order valence-electron chi connectivity index (χ2n) is 4.80. The van der Waals surface area contributed by atoms with Crippen molar-refractivity contribution in [3.05, 3.63) is 29.8 Å². The van der Waals surface area contributed by atoms with E-state index in [-0.39, 0.29) is 12.2 Å². The van der Waals surface area contributed by atoms with E-state index in [1.807, 2.05) is 12.1 Å². The Morgan fingerprint density at radius 3 is 2.37 bits per heavy atom. The molecular weight excluding hydrogens is 238 g/mol. The zero-order valence-electron chi connectivity index (χ0n) is 12.6. The van der Waals surface area contributed by atoms with E-state index in [0.29, 0.717) is 0 Å². The van der Waals surface area contributed by atoms with Crippen LogP contribution in [0.5, 0.6) is 5.75 Å². The predicted molar refractivity (Wildman–Crippen MR) is 79.7 cm³/mol. The summed E-state index contributed by atoms with van der Waals surface area (Å²) < 4.78 is 11.3. The highest BCUT2D eigenvalue weighted by molar-refractivity contribution is 5.28. The van der Waals surface area contributed by atoms with Gasteiger partial charge < -0.3 is 14.8 Å². The predicted octanol–water partition coefficient (Wildman–Crippen LogP) is 3.55. The van der Waals surface area contributed by atoms with Crippen molar-refractivity contribution in [3.63, 3.8) is 0 Å². The van der Waals surface area contributed by atoms with Crippen LogP contribution in [0.3, 0.4) is 0 Å². The van der Waals surface area contributed by atoms with Gasteiger partial charge in [-0.1, -0.05) is 32.4 Å². The van der Waals surface area contributed by atoms with E-state index >= 15 is 0 Å². The summed E-state index contributed by atoms with van der Waals surface area (Å²) in [5.74, 6) is 0.882. The molecule has 0 aliphatic rings. The van der Waals surface area contributed by atoms with Gasteiger partial charge in [0.15, 0.2) is 0 Å². The standard InChI is InChI=1S/C16H27NO2/c1-5-7-13(3)19-16(12-17-6-2)14-8-10-15(18-4)11-9-14/h8-11,13,16-17H,5-7,12H2,1-4H3. The second-order valence-corrected chi connectivity index (χ2v) is 4.80. The summed E-state index contributed by atoms with van der Waals surface area (Å²) in [5.41, 5.74) is 1.20. The van der Waals surface area contributed by atoms with Crippen molar-refractivity contribution in [2.45, 2.75) is 45.8 Å². The summed E-state index contributed by atoms with van der Waals surface area (Å²) in [6, 6.07) is 8.14. The quantitative estimate of drug-likeness (QED) is 0.740. The Bertz CT molecular complexity index is 337. The minimum Gasteiger partial charge on any atom is -0.497 e. The molecule has 3 heteroatoms. The third kappa shape index (κ3) is 5.62. The lowest BCUT2D eigenvalue weighted by Crippen LogP contribution is -2.25. The minimum atomic E-state index is 0.104. The fraction of sp³-hybridized carbons (Fsp3) is 0.625. The maximum absolute atomic E-state index is 6.15. The molecule has 1 N–H and O–H groups in total. The maximum atomic E-state index is 6.15. The number of benzene rings is 1. The van der Waals surface area contributed by atoms with Gasteiger partial charge in [0.1, 0.15) is 5.75 Å². The van der Waals surface area contributed by atoms with Gasteiger partial charge in [-0.2, -0.15) is 0 Å². The first-order chi connectivity index (χ1) is 9.21. The van der Waals surface area contributed by atoms with Gasteiger partial charge in [-0.3, -0.25) is 0 Å². The molecule has 0 saturated heterocycles. The lowest BCUT2D eigenvalue weighted by atomic mass is 10.1. The molecule has 108 valence electrons. The number of ether oxygens (including phenoxy) is 2. The number of nitrogens with one attached hydrogen (secondary N) is 1. The number of hydrogen-bond donors (Lipinski definition) is 1. The molecule has 1 aromatic rings. The molecule has 19 heavy (non-hydrogen) atoms. The van der Waals surface area contributed by atoms with Crippen LogP contribution in [0.1, 0.15) is 45.3 Å². The van der Waals surface area contributed by atoms with Crippen molar-refractivity contribution in [1.82, 2.24) is 5.32 Å². The highest BCUT2D eigenvalue weighted by atomic mass is 16.5. The molecule has 0 aromatic heterocycles. The van der Waals surface area contributed by atoms with E-state index in [1.54, 1.807) is 7.11 Å². The Labute approximate surface area is 117 Å². The molecule has 3 nitrogen and oxygen atoms in total. The van der Waals surface area contributed by atoms with Gasteiger partial charge in [0.2, 0.25) is 0 Å². The lowest BCUT2D eigenvalue weighted by molar-refractivity contribution is -0.00698. The Morgan fingerprint density at radius 2 is 1.84 bits per heavy atom. The molecule has 0 aliphatic heterocycles. The summed E-state index contributed by atoms with van der Waals surface area (Å²) in [6.45, 7) is 8.24. The van der Waals surface area contributed by atoms with Gasteiger partial charge in [0.05, 0.1) is 19.3 Å². The zero-order chi connectivity index (χ0) is 14.1. The zero-order valence-corrected chi connectivity index (χ0v) is 12.6.